The average molecular weight is 268 g/mol. The highest BCUT2D eigenvalue weighted by molar-refractivity contribution is 5.74. The zero-order chi connectivity index (χ0) is 13.9. The smallest absolute Gasteiger partial charge is 0.162 e. The highest BCUT2D eigenvalue weighted by Gasteiger charge is 2.14. The van der Waals surface area contributed by atoms with E-state index in [1.54, 1.807) is 7.11 Å². The maximum absolute atomic E-state index is 5.93. The van der Waals surface area contributed by atoms with Crippen LogP contribution >= 0.6 is 0 Å². The van der Waals surface area contributed by atoms with Gasteiger partial charge in [0.25, 0.3) is 0 Å². The fraction of sp³-hybridized carbons (Fsp3) is 0.188. The van der Waals surface area contributed by atoms with Crippen LogP contribution in [0.15, 0.2) is 48.5 Å². The summed E-state index contributed by atoms with van der Waals surface area (Å²) in [6, 6.07) is 15.5. The van der Waals surface area contributed by atoms with Crippen molar-refractivity contribution in [1.82, 2.24) is 9.97 Å². The molecular weight excluding hydrogens is 252 g/mol. The zero-order valence-corrected chi connectivity index (χ0v) is 11.5. The third kappa shape index (κ3) is 2.32. The highest BCUT2D eigenvalue weighted by atomic mass is 16.5. The molecule has 102 valence electrons. The molecule has 0 saturated carbocycles. The summed E-state index contributed by atoms with van der Waals surface area (Å²) >= 11 is 0. The van der Waals surface area contributed by atoms with Gasteiger partial charge in [0, 0.05) is 0 Å². The Hall–Kier alpha value is -2.49. The van der Waals surface area contributed by atoms with Crippen molar-refractivity contribution in [2.75, 3.05) is 7.11 Å². The summed E-state index contributed by atoms with van der Waals surface area (Å²) in [5, 5.41) is 0. The van der Waals surface area contributed by atoms with Gasteiger partial charge in [-0.2, -0.15) is 0 Å². The lowest BCUT2D eigenvalue weighted by atomic mass is 10.3. The van der Waals surface area contributed by atoms with Crippen molar-refractivity contribution in [3.8, 4) is 11.5 Å². The molecular formula is C16H16N2O2. The number of aromatic nitrogens is 2. The first-order valence-corrected chi connectivity index (χ1v) is 6.52. The first-order valence-electron chi connectivity index (χ1n) is 6.52. The van der Waals surface area contributed by atoms with Crippen molar-refractivity contribution in [2.24, 2.45) is 0 Å². The summed E-state index contributed by atoms with van der Waals surface area (Å²) in [4.78, 5) is 7.82. The van der Waals surface area contributed by atoms with E-state index in [4.69, 9.17) is 9.47 Å². The van der Waals surface area contributed by atoms with Gasteiger partial charge in [0.05, 0.1) is 18.1 Å². The van der Waals surface area contributed by atoms with Crippen molar-refractivity contribution < 1.29 is 9.47 Å². The molecule has 0 aliphatic rings. The van der Waals surface area contributed by atoms with E-state index in [9.17, 15) is 0 Å². The Bertz CT molecular complexity index is 688. The van der Waals surface area contributed by atoms with E-state index in [2.05, 4.69) is 9.97 Å². The fourth-order valence-corrected chi connectivity index (χ4v) is 2.13. The molecule has 1 heterocycles. The summed E-state index contributed by atoms with van der Waals surface area (Å²) in [5.41, 5.74) is 1.95. The summed E-state index contributed by atoms with van der Waals surface area (Å²) in [7, 11) is 1.63. The van der Waals surface area contributed by atoms with Crippen LogP contribution in [0.3, 0.4) is 0 Å². The molecule has 0 bridgehead atoms. The number of imidazole rings is 1. The molecule has 0 unspecified atom stereocenters. The van der Waals surface area contributed by atoms with Gasteiger partial charge < -0.3 is 14.5 Å². The first kappa shape index (κ1) is 12.5. The Kier molecular flexibility index (Phi) is 3.29. The van der Waals surface area contributed by atoms with Crippen molar-refractivity contribution in [3.05, 3.63) is 54.4 Å². The minimum absolute atomic E-state index is 0.182. The van der Waals surface area contributed by atoms with Crippen molar-refractivity contribution >= 4 is 11.0 Å². The molecule has 4 nitrogen and oxygen atoms in total. The number of ether oxygens (including phenoxy) is 2. The lowest BCUT2D eigenvalue weighted by Crippen LogP contribution is -2.05. The van der Waals surface area contributed by atoms with Crippen LogP contribution in [-0.2, 0) is 0 Å². The Labute approximate surface area is 117 Å². The van der Waals surface area contributed by atoms with Gasteiger partial charge in [-0.1, -0.05) is 24.3 Å². The number of H-pyrrole nitrogens is 1. The Morgan fingerprint density at radius 2 is 1.70 bits per heavy atom. The predicted octanol–water partition coefficient (Wildman–Crippen LogP) is 3.71. The number of benzene rings is 2. The summed E-state index contributed by atoms with van der Waals surface area (Å²) < 4.78 is 11.2. The lowest BCUT2D eigenvalue weighted by Gasteiger charge is -2.14. The van der Waals surface area contributed by atoms with Gasteiger partial charge in [-0.25, -0.2) is 4.98 Å². The van der Waals surface area contributed by atoms with Gasteiger partial charge in [0.1, 0.15) is 5.82 Å². The van der Waals surface area contributed by atoms with Crippen LogP contribution in [0.25, 0.3) is 11.0 Å². The third-order valence-electron chi connectivity index (χ3n) is 3.17. The summed E-state index contributed by atoms with van der Waals surface area (Å²) in [6.45, 7) is 1.96. The molecule has 4 heteroatoms. The second kappa shape index (κ2) is 5.25. The molecule has 1 aromatic heterocycles. The molecule has 0 radical (unpaired) electrons. The largest absolute Gasteiger partial charge is 0.493 e. The molecule has 3 rings (SSSR count). The van der Waals surface area contributed by atoms with Gasteiger partial charge in [-0.15, -0.1) is 0 Å². The number of hydrogen-bond donors (Lipinski definition) is 1. The molecule has 20 heavy (non-hydrogen) atoms. The zero-order valence-electron chi connectivity index (χ0n) is 11.5. The second-order valence-corrected chi connectivity index (χ2v) is 4.55. The number of nitrogens with one attached hydrogen (secondary N) is 1. The number of methoxy groups -OCH3 is 1. The molecule has 0 spiro atoms. The van der Waals surface area contributed by atoms with Gasteiger partial charge in [0.15, 0.2) is 17.6 Å². The van der Waals surface area contributed by atoms with Crippen molar-refractivity contribution in [1.29, 1.82) is 0 Å². The number of nitrogens with zero attached hydrogens (tertiary/aromatic N) is 1. The molecule has 0 fully saturated rings. The maximum atomic E-state index is 5.93. The lowest BCUT2D eigenvalue weighted by molar-refractivity contribution is 0.208. The first-order chi connectivity index (χ1) is 9.78. The topological polar surface area (TPSA) is 47.1 Å². The Morgan fingerprint density at radius 1 is 1.00 bits per heavy atom. The molecule has 0 aliphatic carbocycles. The van der Waals surface area contributed by atoms with E-state index in [0.717, 1.165) is 22.6 Å². The standard InChI is InChI=1S/C16H16N2O2/c1-11(20-15-10-6-5-9-14(15)19-2)16-17-12-7-3-4-8-13(12)18-16/h3-11H,1-2H3,(H,17,18)/t11-/m1/s1. The minimum atomic E-state index is -0.182. The van der Waals surface area contributed by atoms with E-state index >= 15 is 0 Å². The molecule has 0 amide bonds. The van der Waals surface area contributed by atoms with Crippen LogP contribution in [0.2, 0.25) is 0 Å². The highest BCUT2D eigenvalue weighted by Crippen LogP contribution is 2.30. The molecule has 1 N–H and O–H groups in total. The van der Waals surface area contributed by atoms with Crippen molar-refractivity contribution in [2.45, 2.75) is 13.0 Å². The van der Waals surface area contributed by atoms with Crippen LogP contribution in [0, 0.1) is 0 Å². The van der Waals surface area contributed by atoms with E-state index in [-0.39, 0.29) is 6.10 Å². The number of para-hydroxylation sites is 4. The predicted molar refractivity (Wildman–Crippen MR) is 78.1 cm³/mol. The molecule has 2 aromatic carbocycles. The van der Waals surface area contributed by atoms with Crippen LogP contribution in [0.1, 0.15) is 18.9 Å². The quantitative estimate of drug-likeness (QED) is 0.784. The fourth-order valence-electron chi connectivity index (χ4n) is 2.13. The molecule has 0 aliphatic heterocycles. The number of hydrogen-bond acceptors (Lipinski definition) is 3. The third-order valence-corrected chi connectivity index (χ3v) is 3.17. The van der Waals surface area contributed by atoms with Crippen LogP contribution in [0.5, 0.6) is 11.5 Å². The van der Waals surface area contributed by atoms with Crippen LogP contribution < -0.4 is 9.47 Å². The SMILES string of the molecule is COc1ccccc1O[C@H](C)c1nc2ccccc2[nH]1. The maximum Gasteiger partial charge on any atom is 0.162 e. The van der Waals surface area contributed by atoms with Crippen LogP contribution in [0.4, 0.5) is 0 Å². The Morgan fingerprint density at radius 3 is 2.45 bits per heavy atom. The average Bonchev–Trinajstić information content (AvgIpc) is 2.92. The van der Waals surface area contributed by atoms with Gasteiger partial charge in [-0.3, -0.25) is 0 Å². The summed E-state index contributed by atoms with van der Waals surface area (Å²) in [6.07, 6.45) is -0.182. The number of fused-ring (bicyclic) bond motifs is 1. The summed E-state index contributed by atoms with van der Waals surface area (Å²) in [5.74, 6) is 2.23. The van der Waals surface area contributed by atoms with Gasteiger partial charge >= 0.3 is 0 Å². The van der Waals surface area contributed by atoms with Gasteiger partial charge in [0.2, 0.25) is 0 Å². The molecule has 0 saturated heterocycles. The van der Waals surface area contributed by atoms with E-state index < -0.39 is 0 Å². The second-order valence-electron chi connectivity index (χ2n) is 4.55. The van der Waals surface area contributed by atoms with E-state index in [1.165, 1.54) is 0 Å². The minimum Gasteiger partial charge on any atom is -0.493 e. The number of aromatic amines is 1. The monoisotopic (exact) mass is 268 g/mol. The van der Waals surface area contributed by atoms with Gasteiger partial charge in [-0.05, 0) is 31.2 Å². The van der Waals surface area contributed by atoms with E-state index in [1.807, 2.05) is 55.5 Å². The number of rotatable bonds is 4. The molecule has 3 aromatic rings. The normalized spacial score (nSPS) is 12.3. The van der Waals surface area contributed by atoms with E-state index in [0.29, 0.717) is 5.75 Å². The Balaban J connectivity index is 1.87. The molecule has 1 atom stereocenters. The van der Waals surface area contributed by atoms with Crippen LogP contribution in [-0.4, -0.2) is 17.1 Å². The van der Waals surface area contributed by atoms with Crippen molar-refractivity contribution in [3.63, 3.8) is 0 Å².